The zero-order valence-corrected chi connectivity index (χ0v) is 21.2. The number of fused-ring (bicyclic) bond motifs is 1. The standard InChI is InChI=1S/C20H19Cl2N3O5S3/c1-32(27,28)15-4-2-3-5-16(15)33(29,30)25-10-8-12(9-11-25)19(26)24-20-23-17-13(21)6-7-14(22)18(17)31-20/h2-7,12H,8-11H2,1H3,(H,23,24,26). The van der Waals surface area contributed by atoms with E-state index in [1.54, 1.807) is 12.1 Å². The summed E-state index contributed by atoms with van der Waals surface area (Å²) in [5, 5.41) is 4.05. The van der Waals surface area contributed by atoms with Crippen LogP contribution in [0.5, 0.6) is 0 Å². The molecule has 1 N–H and O–H groups in total. The van der Waals surface area contributed by atoms with Crippen LogP contribution in [0.15, 0.2) is 46.2 Å². The van der Waals surface area contributed by atoms with Crippen LogP contribution in [0, 0.1) is 5.92 Å². The van der Waals surface area contributed by atoms with Crippen LogP contribution in [-0.4, -0.2) is 51.4 Å². The number of hydrogen-bond donors (Lipinski definition) is 1. The van der Waals surface area contributed by atoms with Gasteiger partial charge in [-0.2, -0.15) is 4.31 Å². The minimum atomic E-state index is -4.03. The van der Waals surface area contributed by atoms with E-state index < -0.39 is 25.8 Å². The number of sulfonamides is 1. The minimum absolute atomic E-state index is 0.0933. The Bertz CT molecular complexity index is 1410. The normalized spacial score (nSPS) is 16.2. The number of aromatic nitrogens is 1. The van der Waals surface area contributed by atoms with Crippen LogP contribution in [0.25, 0.3) is 10.2 Å². The number of sulfone groups is 1. The molecule has 1 aromatic heterocycles. The summed E-state index contributed by atoms with van der Waals surface area (Å²) in [5.41, 5.74) is 0.509. The van der Waals surface area contributed by atoms with Gasteiger partial charge in [0, 0.05) is 25.3 Å². The molecule has 0 aliphatic carbocycles. The van der Waals surface area contributed by atoms with Gasteiger partial charge in [0.1, 0.15) is 10.4 Å². The monoisotopic (exact) mass is 547 g/mol. The van der Waals surface area contributed by atoms with Crippen LogP contribution in [0.3, 0.4) is 0 Å². The zero-order chi connectivity index (χ0) is 24.0. The molecule has 1 aliphatic heterocycles. The molecule has 2 heterocycles. The quantitative estimate of drug-likeness (QED) is 0.515. The highest BCUT2D eigenvalue weighted by atomic mass is 35.5. The Morgan fingerprint density at radius 3 is 2.24 bits per heavy atom. The fourth-order valence-corrected chi connectivity index (χ4v) is 8.17. The molecule has 1 saturated heterocycles. The Balaban J connectivity index is 1.47. The summed E-state index contributed by atoms with van der Waals surface area (Å²) in [6.45, 7) is 0.187. The van der Waals surface area contributed by atoms with Gasteiger partial charge in [-0.05, 0) is 37.1 Å². The molecule has 0 spiro atoms. The molecule has 0 bridgehead atoms. The first-order chi connectivity index (χ1) is 15.5. The molecule has 176 valence electrons. The Morgan fingerprint density at radius 2 is 1.64 bits per heavy atom. The highest BCUT2D eigenvalue weighted by molar-refractivity contribution is 7.93. The smallest absolute Gasteiger partial charge is 0.244 e. The molecule has 8 nitrogen and oxygen atoms in total. The lowest BCUT2D eigenvalue weighted by Gasteiger charge is -2.30. The number of rotatable bonds is 5. The Morgan fingerprint density at radius 1 is 1.03 bits per heavy atom. The molecule has 0 atom stereocenters. The van der Waals surface area contributed by atoms with Crippen LogP contribution >= 0.6 is 34.5 Å². The van der Waals surface area contributed by atoms with Crippen molar-refractivity contribution >= 4 is 75.7 Å². The van der Waals surface area contributed by atoms with E-state index in [1.165, 1.54) is 39.9 Å². The first kappa shape index (κ1) is 24.4. The number of hydrogen-bond acceptors (Lipinski definition) is 7. The molecule has 2 aromatic carbocycles. The third-order valence-corrected chi connectivity index (χ3v) is 10.3. The van der Waals surface area contributed by atoms with Crippen LogP contribution in [0.4, 0.5) is 5.13 Å². The summed E-state index contributed by atoms with van der Waals surface area (Å²) >= 11 is 13.5. The molecular formula is C20H19Cl2N3O5S3. The highest BCUT2D eigenvalue weighted by Gasteiger charge is 2.34. The van der Waals surface area contributed by atoms with Gasteiger partial charge < -0.3 is 5.32 Å². The molecule has 13 heteroatoms. The molecule has 1 amide bonds. The topological polar surface area (TPSA) is 114 Å². The fraction of sp³-hybridized carbons (Fsp3) is 0.300. The zero-order valence-electron chi connectivity index (χ0n) is 17.3. The number of nitrogens with zero attached hydrogens (tertiary/aromatic N) is 2. The maximum atomic E-state index is 13.1. The van der Waals surface area contributed by atoms with Crippen molar-refractivity contribution in [2.24, 2.45) is 5.92 Å². The predicted octanol–water partition coefficient (Wildman–Crippen LogP) is 4.05. The first-order valence-corrected chi connectivity index (χ1v) is 14.7. The third-order valence-electron chi connectivity index (χ3n) is 5.37. The van der Waals surface area contributed by atoms with E-state index >= 15 is 0 Å². The van der Waals surface area contributed by atoms with Crippen molar-refractivity contribution in [2.45, 2.75) is 22.6 Å². The third kappa shape index (κ3) is 4.89. The molecule has 4 rings (SSSR count). The maximum Gasteiger partial charge on any atom is 0.244 e. The van der Waals surface area contributed by atoms with Crippen molar-refractivity contribution in [3.63, 3.8) is 0 Å². The van der Waals surface area contributed by atoms with E-state index in [1.807, 2.05) is 0 Å². The summed E-state index contributed by atoms with van der Waals surface area (Å²) < 4.78 is 52.2. The van der Waals surface area contributed by atoms with Crippen molar-refractivity contribution in [3.8, 4) is 0 Å². The number of nitrogens with one attached hydrogen (secondary N) is 1. The highest BCUT2D eigenvalue weighted by Crippen LogP contribution is 2.36. The molecular weight excluding hydrogens is 529 g/mol. The van der Waals surface area contributed by atoms with E-state index in [9.17, 15) is 21.6 Å². The second-order valence-electron chi connectivity index (χ2n) is 7.61. The lowest BCUT2D eigenvalue weighted by atomic mass is 9.97. The van der Waals surface area contributed by atoms with Crippen molar-refractivity contribution in [2.75, 3.05) is 24.7 Å². The van der Waals surface area contributed by atoms with Crippen LogP contribution in [0.1, 0.15) is 12.8 Å². The predicted molar refractivity (Wildman–Crippen MR) is 129 cm³/mol. The minimum Gasteiger partial charge on any atom is -0.302 e. The molecule has 33 heavy (non-hydrogen) atoms. The SMILES string of the molecule is CS(=O)(=O)c1ccccc1S(=O)(=O)N1CCC(C(=O)Nc2nc3c(Cl)ccc(Cl)c3s2)CC1. The van der Waals surface area contributed by atoms with Gasteiger partial charge in [0.15, 0.2) is 15.0 Å². The summed E-state index contributed by atoms with van der Waals surface area (Å²) in [6.07, 6.45) is 1.55. The van der Waals surface area contributed by atoms with Crippen molar-refractivity contribution in [1.82, 2.24) is 9.29 Å². The number of benzene rings is 2. The van der Waals surface area contributed by atoms with Gasteiger partial charge in [0.05, 0.1) is 19.6 Å². The average molecular weight is 548 g/mol. The fourth-order valence-electron chi connectivity index (χ4n) is 3.67. The van der Waals surface area contributed by atoms with Crippen LogP contribution in [-0.2, 0) is 24.7 Å². The summed E-state index contributed by atoms with van der Waals surface area (Å²) in [7, 11) is -7.75. The van der Waals surface area contributed by atoms with E-state index in [4.69, 9.17) is 23.2 Å². The van der Waals surface area contributed by atoms with Crippen molar-refractivity contribution in [3.05, 3.63) is 46.4 Å². The van der Waals surface area contributed by atoms with Gasteiger partial charge in [-0.1, -0.05) is 46.7 Å². The van der Waals surface area contributed by atoms with Gasteiger partial charge >= 0.3 is 0 Å². The number of piperidine rings is 1. The number of carbonyl (C=O) groups excluding carboxylic acids is 1. The Hall–Kier alpha value is -1.76. The number of thiazole rings is 1. The van der Waals surface area contributed by atoms with E-state index in [0.29, 0.717) is 38.2 Å². The number of carbonyl (C=O) groups is 1. The van der Waals surface area contributed by atoms with E-state index in [0.717, 1.165) is 6.26 Å². The van der Waals surface area contributed by atoms with Crippen molar-refractivity contribution in [1.29, 1.82) is 0 Å². The summed E-state index contributed by atoms with van der Waals surface area (Å²) in [6, 6.07) is 8.82. The van der Waals surface area contributed by atoms with Gasteiger partial charge in [-0.25, -0.2) is 21.8 Å². The number of amides is 1. The Labute approximate surface area is 205 Å². The number of anilines is 1. The second-order valence-corrected chi connectivity index (χ2v) is 13.3. The summed E-state index contributed by atoms with van der Waals surface area (Å²) in [5.74, 6) is -0.686. The number of halogens is 2. The Kier molecular flexibility index (Phi) is 6.74. The second kappa shape index (κ2) is 9.12. The average Bonchev–Trinajstić information content (AvgIpc) is 3.21. The van der Waals surface area contributed by atoms with E-state index in [2.05, 4.69) is 10.3 Å². The van der Waals surface area contributed by atoms with Gasteiger partial charge in [-0.3, -0.25) is 4.79 Å². The lowest BCUT2D eigenvalue weighted by molar-refractivity contribution is -0.120. The lowest BCUT2D eigenvalue weighted by Crippen LogP contribution is -2.41. The first-order valence-electron chi connectivity index (χ1n) is 9.83. The van der Waals surface area contributed by atoms with Crippen LogP contribution in [0.2, 0.25) is 10.0 Å². The van der Waals surface area contributed by atoms with Gasteiger partial charge in [0.2, 0.25) is 15.9 Å². The van der Waals surface area contributed by atoms with Crippen LogP contribution < -0.4 is 5.32 Å². The molecule has 1 fully saturated rings. The molecule has 0 saturated carbocycles. The molecule has 0 unspecified atom stereocenters. The molecule has 0 radical (unpaired) electrons. The summed E-state index contributed by atoms with van der Waals surface area (Å²) in [4.78, 5) is 16.6. The van der Waals surface area contributed by atoms with Gasteiger partial charge in [0.25, 0.3) is 0 Å². The molecule has 1 aliphatic rings. The molecule has 3 aromatic rings. The van der Waals surface area contributed by atoms with E-state index in [-0.39, 0.29) is 28.8 Å². The maximum absolute atomic E-state index is 13.1. The van der Waals surface area contributed by atoms with Crippen molar-refractivity contribution < 1.29 is 21.6 Å². The largest absolute Gasteiger partial charge is 0.302 e. The van der Waals surface area contributed by atoms with Gasteiger partial charge in [-0.15, -0.1) is 0 Å².